The Balaban J connectivity index is 1.55. The molecule has 0 aromatic heterocycles. The van der Waals surface area contributed by atoms with E-state index in [1.807, 2.05) is 30.3 Å². The first kappa shape index (κ1) is 20.3. The number of fused-ring (bicyclic) bond motifs is 2. The Bertz CT molecular complexity index is 781. The van der Waals surface area contributed by atoms with Crippen LogP contribution in [-0.2, 0) is 11.3 Å². The minimum absolute atomic E-state index is 0.143. The predicted molar refractivity (Wildman–Crippen MR) is 117 cm³/mol. The van der Waals surface area contributed by atoms with Crippen LogP contribution in [0.2, 0.25) is 0 Å². The third kappa shape index (κ3) is 4.15. The van der Waals surface area contributed by atoms with Gasteiger partial charge in [0.25, 0.3) is 0 Å². The molecule has 1 amide bonds. The number of allylic oxidation sites excluding steroid dienone is 2. The van der Waals surface area contributed by atoms with E-state index in [1.165, 1.54) is 31.3 Å². The van der Waals surface area contributed by atoms with E-state index < -0.39 is 0 Å². The average molecular weight is 394 g/mol. The van der Waals surface area contributed by atoms with Crippen molar-refractivity contribution in [3.8, 4) is 0 Å². The van der Waals surface area contributed by atoms with Gasteiger partial charge in [0.15, 0.2) is 0 Å². The first-order valence-electron chi connectivity index (χ1n) is 11.5. The summed E-state index contributed by atoms with van der Waals surface area (Å²) in [7, 11) is 0. The highest BCUT2D eigenvalue weighted by Gasteiger charge is 2.46. The Labute approximate surface area is 175 Å². The third-order valence-corrected chi connectivity index (χ3v) is 7.69. The summed E-state index contributed by atoms with van der Waals surface area (Å²) in [5.74, 6) is 2.75. The topological polar surface area (TPSA) is 38.3 Å². The maximum Gasteiger partial charge on any atom is 0.407 e. The van der Waals surface area contributed by atoms with E-state index in [4.69, 9.17) is 4.74 Å². The minimum Gasteiger partial charge on any atom is -0.445 e. The summed E-state index contributed by atoms with van der Waals surface area (Å²) >= 11 is 0. The number of ether oxygens (including phenoxy) is 1. The van der Waals surface area contributed by atoms with Crippen LogP contribution in [0.4, 0.5) is 4.79 Å². The van der Waals surface area contributed by atoms with E-state index in [9.17, 15) is 4.79 Å². The predicted octanol–water partition coefficient (Wildman–Crippen LogP) is 6.27. The van der Waals surface area contributed by atoms with Gasteiger partial charge in [0.2, 0.25) is 0 Å². The molecule has 0 heterocycles. The third-order valence-electron chi connectivity index (χ3n) is 7.69. The number of carbonyl (C=O) groups is 1. The maximum absolute atomic E-state index is 12.8. The zero-order valence-corrected chi connectivity index (χ0v) is 18.1. The molecule has 0 saturated heterocycles. The Morgan fingerprint density at radius 1 is 1.14 bits per heavy atom. The van der Waals surface area contributed by atoms with E-state index in [0.29, 0.717) is 30.3 Å². The first-order chi connectivity index (χ1) is 14.1. The van der Waals surface area contributed by atoms with Crippen LogP contribution >= 0.6 is 0 Å². The number of hydrogen-bond acceptors (Lipinski definition) is 2. The second-order valence-corrected chi connectivity index (χ2v) is 9.33. The van der Waals surface area contributed by atoms with Gasteiger partial charge in [0.1, 0.15) is 6.61 Å². The molecule has 156 valence electrons. The highest BCUT2D eigenvalue weighted by atomic mass is 16.5. The van der Waals surface area contributed by atoms with E-state index >= 15 is 0 Å². The van der Waals surface area contributed by atoms with Gasteiger partial charge in [0, 0.05) is 17.9 Å². The number of rotatable bonds is 4. The highest BCUT2D eigenvalue weighted by molar-refractivity contribution is 5.68. The van der Waals surface area contributed by atoms with E-state index in [1.54, 1.807) is 5.57 Å². The number of benzene rings is 1. The normalized spacial score (nSPS) is 33.6. The van der Waals surface area contributed by atoms with Crippen LogP contribution in [0.5, 0.6) is 0 Å². The first-order valence-corrected chi connectivity index (χ1v) is 11.5. The van der Waals surface area contributed by atoms with Crippen LogP contribution in [0.25, 0.3) is 0 Å². The molecule has 3 aliphatic carbocycles. The molecule has 0 radical (unpaired) electrons. The van der Waals surface area contributed by atoms with Crippen LogP contribution in [0.15, 0.2) is 53.6 Å². The summed E-state index contributed by atoms with van der Waals surface area (Å²) < 4.78 is 5.62. The molecule has 3 heteroatoms. The lowest BCUT2D eigenvalue weighted by Gasteiger charge is -2.50. The number of hydrogen-bond donors (Lipinski definition) is 1. The SMILES string of the molecule is CCC1CCC2=CC3=CCCC(C)C3C(NC(=O)OCc3ccccc3)C2C1C. The molecule has 3 nitrogen and oxygen atoms in total. The summed E-state index contributed by atoms with van der Waals surface area (Å²) in [4.78, 5) is 12.8. The summed E-state index contributed by atoms with van der Waals surface area (Å²) in [5.41, 5.74) is 4.02. The molecule has 1 fully saturated rings. The number of amides is 1. The second-order valence-electron chi connectivity index (χ2n) is 9.33. The number of nitrogens with one attached hydrogen (secondary N) is 1. The second kappa shape index (κ2) is 8.77. The van der Waals surface area contributed by atoms with Crippen molar-refractivity contribution in [2.24, 2.45) is 29.6 Å². The van der Waals surface area contributed by atoms with Crippen LogP contribution < -0.4 is 5.32 Å². The lowest BCUT2D eigenvalue weighted by atomic mass is 9.58. The highest BCUT2D eigenvalue weighted by Crippen LogP contribution is 2.50. The van der Waals surface area contributed by atoms with Crippen molar-refractivity contribution >= 4 is 6.09 Å². The van der Waals surface area contributed by atoms with Gasteiger partial charge in [0.05, 0.1) is 0 Å². The lowest BCUT2D eigenvalue weighted by molar-refractivity contribution is 0.0976. The molecule has 6 atom stereocenters. The fourth-order valence-corrected chi connectivity index (χ4v) is 6.11. The van der Waals surface area contributed by atoms with Gasteiger partial charge in [-0.1, -0.05) is 75.2 Å². The molecule has 1 N–H and O–H groups in total. The van der Waals surface area contributed by atoms with Gasteiger partial charge in [-0.15, -0.1) is 0 Å². The van der Waals surface area contributed by atoms with Crippen molar-refractivity contribution in [3.05, 3.63) is 59.2 Å². The van der Waals surface area contributed by atoms with E-state index in [2.05, 4.69) is 38.2 Å². The largest absolute Gasteiger partial charge is 0.445 e. The molecule has 0 spiro atoms. The molecule has 0 bridgehead atoms. The molecule has 1 saturated carbocycles. The number of carbonyl (C=O) groups excluding carboxylic acids is 1. The Morgan fingerprint density at radius 2 is 1.93 bits per heavy atom. The van der Waals surface area contributed by atoms with Crippen molar-refractivity contribution in [2.75, 3.05) is 0 Å². The molecule has 1 aromatic rings. The van der Waals surface area contributed by atoms with Crippen molar-refractivity contribution in [1.29, 1.82) is 0 Å². The van der Waals surface area contributed by atoms with Crippen molar-refractivity contribution in [3.63, 3.8) is 0 Å². The molecular weight excluding hydrogens is 358 g/mol. The van der Waals surface area contributed by atoms with Gasteiger partial charge < -0.3 is 10.1 Å². The zero-order valence-electron chi connectivity index (χ0n) is 18.1. The summed E-state index contributed by atoms with van der Waals surface area (Å²) in [6.45, 7) is 7.38. The van der Waals surface area contributed by atoms with Gasteiger partial charge in [-0.05, 0) is 54.6 Å². The lowest BCUT2D eigenvalue weighted by Crippen LogP contribution is -2.54. The van der Waals surface area contributed by atoms with Crippen molar-refractivity contribution in [1.82, 2.24) is 5.32 Å². The number of alkyl carbamates (subject to hydrolysis) is 1. The molecule has 29 heavy (non-hydrogen) atoms. The van der Waals surface area contributed by atoms with Crippen LogP contribution in [0, 0.1) is 29.6 Å². The molecule has 6 unspecified atom stereocenters. The summed E-state index contributed by atoms with van der Waals surface area (Å²) in [6, 6.07) is 10.1. The Morgan fingerprint density at radius 3 is 2.69 bits per heavy atom. The van der Waals surface area contributed by atoms with Gasteiger partial charge in [-0.25, -0.2) is 4.79 Å². The van der Waals surface area contributed by atoms with Crippen LogP contribution in [0.1, 0.15) is 58.4 Å². The maximum atomic E-state index is 12.8. The average Bonchev–Trinajstić information content (AvgIpc) is 2.73. The summed E-state index contributed by atoms with van der Waals surface area (Å²) in [5, 5.41) is 3.35. The molecule has 0 aliphatic heterocycles. The summed E-state index contributed by atoms with van der Waals surface area (Å²) in [6.07, 6.45) is 10.6. The Kier molecular flexibility index (Phi) is 6.12. The zero-order chi connectivity index (χ0) is 20.4. The monoisotopic (exact) mass is 393 g/mol. The van der Waals surface area contributed by atoms with Gasteiger partial charge >= 0.3 is 6.09 Å². The van der Waals surface area contributed by atoms with Crippen molar-refractivity contribution in [2.45, 2.75) is 65.5 Å². The van der Waals surface area contributed by atoms with Crippen LogP contribution in [0.3, 0.4) is 0 Å². The molecule has 4 rings (SSSR count). The fraction of sp³-hybridized carbons (Fsp3) is 0.577. The Hall–Kier alpha value is -2.03. The van der Waals surface area contributed by atoms with Crippen LogP contribution in [-0.4, -0.2) is 12.1 Å². The quantitative estimate of drug-likeness (QED) is 0.655. The molecule has 3 aliphatic rings. The van der Waals surface area contributed by atoms with Crippen molar-refractivity contribution < 1.29 is 9.53 Å². The molecular formula is C26H35NO2. The van der Waals surface area contributed by atoms with E-state index in [0.717, 1.165) is 17.9 Å². The van der Waals surface area contributed by atoms with Gasteiger partial charge in [-0.2, -0.15) is 0 Å². The minimum atomic E-state index is -0.275. The van der Waals surface area contributed by atoms with Gasteiger partial charge in [-0.3, -0.25) is 0 Å². The smallest absolute Gasteiger partial charge is 0.407 e. The fourth-order valence-electron chi connectivity index (χ4n) is 6.11. The van der Waals surface area contributed by atoms with E-state index in [-0.39, 0.29) is 12.1 Å². The standard InChI is InChI=1S/C26H35NO2/c1-4-20-13-14-22-15-21-12-8-9-17(2)23(21)25(24(22)18(20)3)27-26(28)29-16-19-10-6-5-7-11-19/h5-7,10-12,15,17-18,20,23-25H,4,8-9,13-14,16H2,1-3H3,(H,27,28). The molecule has 1 aromatic carbocycles.